The second-order valence-electron chi connectivity index (χ2n) is 7.84. The molecule has 0 bridgehead atoms. The Labute approximate surface area is 191 Å². The molecule has 170 valence electrons. The van der Waals surface area contributed by atoms with Gasteiger partial charge in [-0.1, -0.05) is 24.6 Å². The quantitative estimate of drug-likeness (QED) is 0.547. The first-order valence-corrected chi connectivity index (χ1v) is 13.0. The van der Waals surface area contributed by atoms with E-state index in [2.05, 4.69) is 20.5 Å². The fraction of sp³-hybridized carbons (Fsp3) is 0.429. The molecule has 1 saturated heterocycles. The number of nitrogens with one attached hydrogen (secondary N) is 1. The summed E-state index contributed by atoms with van der Waals surface area (Å²) >= 11 is 1.27. The molecule has 1 N–H and O–H groups in total. The highest BCUT2D eigenvalue weighted by atomic mass is 32.2. The monoisotopic (exact) mass is 474 g/mol. The topological polar surface area (TPSA) is 110 Å². The van der Waals surface area contributed by atoms with Crippen molar-refractivity contribution in [1.82, 2.24) is 23.9 Å². The molecule has 0 saturated carbocycles. The molecule has 0 unspecified atom stereocenters. The van der Waals surface area contributed by atoms with Crippen LogP contribution in [-0.4, -0.2) is 57.1 Å². The summed E-state index contributed by atoms with van der Waals surface area (Å²) in [6.07, 6.45) is 3.91. The zero-order chi connectivity index (χ0) is 22.7. The number of rotatable bonds is 6. The van der Waals surface area contributed by atoms with Crippen molar-refractivity contribution < 1.29 is 13.2 Å². The number of fused-ring (bicyclic) bond motifs is 1. The maximum atomic E-state index is 12.9. The van der Waals surface area contributed by atoms with Gasteiger partial charge in [0.1, 0.15) is 0 Å². The van der Waals surface area contributed by atoms with Crippen LogP contribution >= 0.6 is 11.8 Å². The third kappa shape index (κ3) is 4.94. The molecule has 11 heteroatoms. The number of hydrogen-bond donors (Lipinski definition) is 1. The van der Waals surface area contributed by atoms with Gasteiger partial charge >= 0.3 is 0 Å². The van der Waals surface area contributed by atoms with Crippen LogP contribution in [0.3, 0.4) is 0 Å². The van der Waals surface area contributed by atoms with Gasteiger partial charge in [-0.3, -0.25) is 9.20 Å². The average Bonchev–Trinajstić information content (AvgIpc) is 2.96. The lowest BCUT2D eigenvalue weighted by Gasteiger charge is -2.20. The van der Waals surface area contributed by atoms with E-state index < -0.39 is 10.0 Å². The first-order valence-electron chi connectivity index (χ1n) is 10.6. The first kappa shape index (κ1) is 22.7. The van der Waals surface area contributed by atoms with Crippen molar-refractivity contribution in [2.45, 2.75) is 49.6 Å². The summed E-state index contributed by atoms with van der Waals surface area (Å²) in [5.74, 6) is 0.432. The lowest BCUT2D eigenvalue weighted by atomic mass is 10.2. The Morgan fingerprint density at radius 3 is 2.44 bits per heavy atom. The zero-order valence-corrected chi connectivity index (χ0v) is 19.7. The number of carbonyl (C=O) groups is 1. The third-order valence-electron chi connectivity index (χ3n) is 5.34. The standard InChI is InChI=1S/C21H26N6O3S2/c1-15-13-16(2)27-20(22-15)24-25-21(27)31-14-19(28)23-17-7-9-18(10-8-17)32(29,30)26-11-5-3-4-6-12-26/h7-10,13H,3-6,11-12,14H2,1-2H3,(H,23,28). The van der Waals surface area contributed by atoms with Crippen molar-refractivity contribution >= 4 is 39.2 Å². The Bertz CT molecular complexity index is 1220. The molecule has 1 aromatic carbocycles. The Balaban J connectivity index is 1.38. The molecule has 1 fully saturated rings. The first-order chi connectivity index (χ1) is 15.3. The van der Waals surface area contributed by atoms with Gasteiger partial charge in [-0.15, -0.1) is 10.2 Å². The second-order valence-corrected chi connectivity index (χ2v) is 10.7. The molecule has 1 amide bonds. The van der Waals surface area contributed by atoms with E-state index in [9.17, 15) is 13.2 Å². The van der Waals surface area contributed by atoms with E-state index >= 15 is 0 Å². The molecule has 0 aliphatic carbocycles. The SMILES string of the molecule is Cc1cc(C)n2c(SCC(=O)Nc3ccc(S(=O)(=O)N4CCCCCC4)cc3)nnc2n1. The number of aromatic nitrogens is 4. The number of sulfonamides is 1. The Morgan fingerprint density at radius 1 is 1.06 bits per heavy atom. The van der Waals surface area contributed by atoms with Crippen molar-refractivity contribution in [2.24, 2.45) is 0 Å². The molecule has 1 aliphatic heterocycles. The van der Waals surface area contributed by atoms with Crippen molar-refractivity contribution in [3.63, 3.8) is 0 Å². The number of thioether (sulfide) groups is 1. The van der Waals surface area contributed by atoms with Gasteiger partial charge in [0.25, 0.3) is 5.78 Å². The number of anilines is 1. The lowest BCUT2D eigenvalue weighted by Crippen LogP contribution is -2.31. The van der Waals surface area contributed by atoms with E-state index in [1.165, 1.54) is 11.8 Å². The summed E-state index contributed by atoms with van der Waals surface area (Å²) in [6.45, 7) is 4.95. The van der Waals surface area contributed by atoms with Gasteiger partial charge in [-0.2, -0.15) is 4.31 Å². The van der Waals surface area contributed by atoms with Gasteiger partial charge in [0.2, 0.25) is 15.9 Å². The molecule has 0 atom stereocenters. The molecule has 1 aliphatic rings. The number of nitrogens with zero attached hydrogens (tertiary/aromatic N) is 5. The smallest absolute Gasteiger partial charge is 0.256 e. The number of carbonyl (C=O) groups excluding carboxylic acids is 1. The van der Waals surface area contributed by atoms with E-state index in [-0.39, 0.29) is 16.6 Å². The number of benzene rings is 1. The largest absolute Gasteiger partial charge is 0.325 e. The van der Waals surface area contributed by atoms with Gasteiger partial charge in [0, 0.05) is 30.2 Å². The predicted octanol–water partition coefficient (Wildman–Crippen LogP) is 3.04. The summed E-state index contributed by atoms with van der Waals surface area (Å²) in [4.78, 5) is 17.0. The Morgan fingerprint density at radius 2 is 1.75 bits per heavy atom. The van der Waals surface area contributed by atoms with Crippen molar-refractivity contribution in [2.75, 3.05) is 24.2 Å². The van der Waals surface area contributed by atoms with Crippen molar-refractivity contribution in [3.05, 3.63) is 41.7 Å². The summed E-state index contributed by atoms with van der Waals surface area (Å²) in [5.41, 5.74) is 2.35. The van der Waals surface area contributed by atoms with Crippen LogP contribution in [-0.2, 0) is 14.8 Å². The number of aryl methyl sites for hydroxylation is 2. The maximum absolute atomic E-state index is 12.9. The van der Waals surface area contributed by atoms with E-state index in [1.54, 1.807) is 28.6 Å². The van der Waals surface area contributed by atoms with Crippen LogP contribution < -0.4 is 5.32 Å². The third-order valence-corrected chi connectivity index (χ3v) is 8.18. The minimum Gasteiger partial charge on any atom is -0.325 e. The molecular weight excluding hydrogens is 448 g/mol. The predicted molar refractivity (Wildman–Crippen MR) is 123 cm³/mol. The van der Waals surface area contributed by atoms with Crippen molar-refractivity contribution in [1.29, 1.82) is 0 Å². The molecule has 2 aromatic heterocycles. The summed E-state index contributed by atoms with van der Waals surface area (Å²) in [7, 11) is -3.51. The van der Waals surface area contributed by atoms with Gasteiger partial charge in [0.05, 0.1) is 10.6 Å². The van der Waals surface area contributed by atoms with Crippen molar-refractivity contribution in [3.8, 4) is 0 Å². The van der Waals surface area contributed by atoms with Gasteiger partial charge in [-0.25, -0.2) is 13.4 Å². The molecule has 3 aromatic rings. The average molecular weight is 475 g/mol. The Hall–Kier alpha value is -2.50. The minimum absolute atomic E-state index is 0.141. The van der Waals surface area contributed by atoms with E-state index in [1.807, 2.05) is 24.3 Å². The van der Waals surface area contributed by atoms with Crippen LogP contribution in [0.25, 0.3) is 5.78 Å². The lowest BCUT2D eigenvalue weighted by molar-refractivity contribution is -0.113. The zero-order valence-electron chi connectivity index (χ0n) is 18.1. The summed E-state index contributed by atoms with van der Waals surface area (Å²) in [5, 5.41) is 11.6. The molecule has 9 nitrogen and oxygen atoms in total. The molecule has 4 rings (SSSR count). The van der Waals surface area contributed by atoms with Gasteiger partial charge in [-0.05, 0) is 57.0 Å². The minimum atomic E-state index is -3.51. The number of amides is 1. The molecule has 3 heterocycles. The molecular formula is C21H26N6O3S2. The van der Waals surface area contributed by atoms with Crippen LogP contribution in [0.5, 0.6) is 0 Å². The molecule has 32 heavy (non-hydrogen) atoms. The highest BCUT2D eigenvalue weighted by molar-refractivity contribution is 7.99. The maximum Gasteiger partial charge on any atom is 0.256 e. The van der Waals surface area contributed by atoms with Crippen LogP contribution in [0.2, 0.25) is 0 Å². The van der Waals surface area contributed by atoms with E-state index in [0.29, 0.717) is 29.7 Å². The normalized spacial score (nSPS) is 15.6. The van der Waals surface area contributed by atoms with Crippen LogP contribution in [0.1, 0.15) is 37.1 Å². The Kier molecular flexibility index (Phi) is 6.77. The summed E-state index contributed by atoms with van der Waals surface area (Å²) < 4.78 is 29.1. The highest BCUT2D eigenvalue weighted by Gasteiger charge is 2.25. The van der Waals surface area contributed by atoms with E-state index in [0.717, 1.165) is 37.1 Å². The van der Waals surface area contributed by atoms with Crippen LogP contribution in [0, 0.1) is 13.8 Å². The summed E-state index contributed by atoms with van der Waals surface area (Å²) in [6, 6.07) is 8.27. The molecule has 0 radical (unpaired) electrons. The highest BCUT2D eigenvalue weighted by Crippen LogP contribution is 2.23. The second kappa shape index (κ2) is 9.55. The van der Waals surface area contributed by atoms with Crippen LogP contribution in [0.4, 0.5) is 5.69 Å². The van der Waals surface area contributed by atoms with Gasteiger partial charge in [0.15, 0.2) is 5.16 Å². The van der Waals surface area contributed by atoms with Crippen LogP contribution in [0.15, 0.2) is 40.4 Å². The fourth-order valence-electron chi connectivity index (χ4n) is 3.76. The molecule has 0 spiro atoms. The van der Waals surface area contributed by atoms with E-state index in [4.69, 9.17) is 0 Å². The van der Waals surface area contributed by atoms with Gasteiger partial charge < -0.3 is 5.32 Å². The fourth-order valence-corrected chi connectivity index (χ4v) is 6.06. The number of hydrogen-bond acceptors (Lipinski definition) is 7.